The van der Waals surface area contributed by atoms with E-state index in [1.807, 2.05) is 18.2 Å². The Kier molecular flexibility index (Phi) is 25.1. The van der Waals surface area contributed by atoms with Crippen molar-refractivity contribution in [1.29, 1.82) is 0 Å². The van der Waals surface area contributed by atoms with Crippen LogP contribution in [0, 0.1) is 0 Å². The summed E-state index contributed by atoms with van der Waals surface area (Å²) < 4.78 is 0. The first-order valence-corrected chi connectivity index (χ1v) is 22.8. The van der Waals surface area contributed by atoms with Crippen LogP contribution in [0.2, 0.25) is 0 Å². The highest BCUT2D eigenvalue weighted by Gasteiger charge is 2.27. The molecular formula is C50H78N3O2+. The van der Waals surface area contributed by atoms with Gasteiger partial charge in [-0.3, -0.25) is 14.5 Å². The number of unbranched alkanes of at least 4 members (excludes halogenated alkanes) is 22. The molecule has 5 heteroatoms. The molecule has 0 saturated heterocycles. The molecule has 1 aromatic carbocycles. The van der Waals surface area contributed by atoms with Gasteiger partial charge in [-0.05, 0) is 94.6 Å². The fraction of sp³-hybridized carbons (Fsp3) is 0.620. The van der Waals surface area contributed by atoms with Crippen LogP contribution in [0.1, 0.15) is 199 Å². The third-order valence-electron chi connectivity index (χ3n) is 11.1. The molecule has 304 valence electrons. The Morgan fingerprint density at radius 1 is 0.600 bits per heavy atom. The normalized spacial score (nSPS) is 15.8. The molecule has 1 aromatic rings. The van der Waals surface area contributed by atoms with Crippen LogP contribution < -0.4 is 10.2 Å². The number of benzene rings is 1. The van der Waals surface area contributed by atoms with Gasteiger partial charge in [0, 0.05) is 41.8 Å². The zero-order valence-electron chi connectivity index (χ0n) is 35.4. The Morgan fingerprint density at radius 3 is 1.64 bits per heavy atom. The van der Waals surface area contributed by atoms with Crippen molar-refractivity contribution in [3.05, 3.63) is 77.6 Å². The number of anilines is 1. The molecule has 0 bridgehead atoms. The quantitative estimate of drug-likeness (QED) is 0.0586. The highest BCUT2D eigenvalue weighted by molar-refractivity contribution is 6.11. The Bertz CT molecular complexity index is 1430. The molecule has 3 rings (SSSR count). The minimum absolute atomic E-state index is 0.0355. The number of hydrogen-bond donors (Lipinski definition) is 2. The van der Waals surface area contributed by atoms with E-state index < -0.39 is 0 Å². The second-order valence-electron chi connectivity index (χ2n) is 16.1. The van der Waals surface area contributed by atoms with Crippen LogP contribution in [0.4, 0.5) is 11.4 Å². The van der Waals surface area contributed by atoms with Gasteiger partial charge >= 0.3 is 0 Å². The van der Waals surface area contributed by atoms with Crippen molar-refractivity contribution < 1.29 is 14.5 Å². The molecule has 0 fully saturated rings. The molecule has 0 radical (unpaired) electrons. The summed E-state index contributed by atoms with van der Waals surface area (Å²) in [5.41, 5.74) is 6.04. The molecular weight excluding hydrogens is 675 g/mol. The third-order valence-corrected chi connectivity index (χ3v) is 11.1. The summed E-state index contributed by atoms with van der Waals surface area (Å²) in [4.78, 5) is 31.1. The predicted molar refractivity (Wildman–Crippen MR) is 238 cm³/mol. The number of fused-ring (bicyclic) bond motifs is 2. The van der Waals surface area contributed by atoms with E-state index in [1.165, 1.54) is 141 Å². The zero-order valence-corrected chi connectivity index (χ0v) is 35.4. The van der Waals surface area contributed by atoms with E-state index in [0.29, 0.717) is 12.8 Å². The first-order chi connectivity index (χ1) is 27.0. The minimum atomic E-state index is -0.0355. The second-order valence-corrected chi connectivity index (χ2v) is 16.1. The van der Waals surface area contributed by atoms with Crippen LogP contribution in [-0.2, 0) is 9.59 Å². The summed E-state index contributed by atoms with van der Waals surface area (Å²) in [7, 11) is 2.12. The smallest absolute Gasteiger partial charge is 0.246 e. The second kappa shape index (κ2) is 29.9. The van der Waals surface area contributed by atoms with Gasteiger partial charge in [0.15, 0.2) is 0 Å². The maximum Gasteiger partial charge on any atom is 0.246 e. The standard InChI is InChI=1S/C50H77N3O2/c1-4-6-8-10-12-14-16-18-20-22-24-26-28-30-32-34-49(54)51-45-38-36-43-40-44-37-39-46(42-48(44)53(3)47(43)41-45)52-50(55)35-33-31-29-27-25-23-21-19-17-15-13-11-9-7-5-2/h18-21,36-42H,4-17,22-35H2,1-3H3,(H,51,54)/p+1/b20-18-,21-19-,52-46?. The molecule has 1 unspecified atom stereocenters. The molecule has 1 aliphatic heterocycles. The minimum Gasteiger partial charge on any atom is -0.326 e. The molecule has 0 spiro atoms. The topological polar surface area (TPSA) is 63.0 Å². The molecule has 2 N–H and O–H groups in total. The van der Waals surface area contributed by atoms with Gasteiger partial charge in [0.05, 0.1) is 12.8 Å². The average Bonchev–Trinajstić information content (AvgIpc) is 3.18. The number of likely N-dealkylation sites (N-methyl/N-ethyl adjacent to an activating group) is 1. The Balaban J connectivity index is 1.28. The van der Waals surface area contributed by atoms with Crippen LogP contribution in [0.25, 0.3) is 6.08 Å². The molecule has 1 aliphatic carbocycles. The van der Waals surface area contributed by atoms with Crippen LogP contribution in [-0.4, -0.2) is 24.6 Å². The molecule has 0 aromatic heterocycles. The van der Waals surface area contributed by atoms with Crippen molar-refractivity contribution in [2.75, 3.05) is 12.4 Å². The lowest BCUT2D eigenvalue weighted by molar-refractivity contribution is -0.764. The van der Waals surface area contributed by atoms with E-state index >= 15 is 0 Å². The van der Waals surface area contributed by atoms with E-state index in [2.05, 4.69) is 79.8 Å². The maximum absolute atomic E-state index is 12.8. The van der Waals surface area contributed by atoms with Gasteiger partial charge in [-0.2, -0.15) is 0 Å². The summed E-state index contributed by atoms with van der Waals surface area (Å²) in [6.45, 7) is 4.54. The van der Waals surface area contributed by atoms with Gasteiger partial charge in [0.25, 0.3) is 0 Å². The van der Waals surface area contributed by atoms with Crippen molar-refractivity contribution in [3.8, 4) is 0 Å². The molecule has 5 nitrogen and oxygen atoms in total. The summed E-state index contributed by atoms with van der Waals surface area (Å²) in [5, 5.41) is 3.14. The SMILES string of the molecule is CCCCCCCC/C=C\CCCCCCCC(=O)N=C1C=CC2=Cc3ccc(NC(=O)CCCCCCC/C=C\CCCCCCCC)cc3[NH+](C)C2=C1. The highest BCUT2D eigenvalue weighted by atomic mass is 16.2. The van der Waals surface area contributed by atoms with Crippen molar-refractivity contribution in [3.63, 3.8) is 0 Å². The number of nitrogens with one attached hydrogen (secondary N) is 2. The zero-order chi connectivity index (χ0) is 39.2. The van der Waals surface area contributed by atoms with Gasteiger partial charge in [0.2, 0.25) is 11.8 Å². The number of nitrogens with zero attached hydrogens (tertiary/aromatic N) is 1. The molecule has 1 atom stereocenters. The lowest BCUT2D eigenvalue weighted by Crippen LogP contribution is -3.02. The maximum atomic E-state index is 12.8. The summed E-state index contributed by atoms with van der Waals surface area (Å²) in [6, 6.07) is 6.18. The van der Waals surface area contributed by atoms with E-state index in [0.717, 1.165) is 64.5 Å². The number of quaternary nitrogens is 1. The number of aliphatic imine (C=N–C) groups is 1. The number of rotatable bonds is 31. The van der Waals surface area contributed by atoms with Gasteiger partial charge in [-0.15, -0.1) is 0 Å². The predicted octanol–water partition coefficient (Wildman–Crippen LogP) is 13.7. The Morgan fingerprint density at radius 2 is 1.09 bits per heavy atom. The van der Waals surface area contributed by atoms with Crippen molar-refractivity contribution in [2.45, 2.75) is 194 Å². The first kappa shape index (κ1) is 46.1. The van der Waals surface area contributed by atoms with Gasteiger partial charge < -0.3 is 5.32 Å². The third kappa shape index (κ3) is 20.4. The monoisotopic (exact) mass is 753 g/mol. The highest BCUT2D eigenvalue weighted by Crippen LogP contribution is 2.29. The van der Waals surface area contributed by atoms with E-state index in [4.69, 9.17) is 0 Å². The van der Waals surface area contributed by atoms with E-state index in [1.54, 1.807) is 0 Å². The lowest BCUT2D eigenvalue weighted by atomic mass is 9.95. The summed E-state index contributed by atoms with van der Waals surface area (Å²) >= 11 is 0. The first-order valence-electron chi connectivity index (χ1n) is 22.8. The molecule has 55 heavy (non-hydrogen) atoms. The summed E-state index contributed by atoms with van der Waals surface area (Å²) in [6.07, 6.45) is 51.3. The number of hydrogen-bond acceptors (Lipinski definition) is 2. The van der Waals surface area contributed by atoms with Crippen molar-refractivity contribution in [2.24, 2.45) is 4.99 Å². The summed E-state index contributed by atoms with van der Waals surface area (Å²) in [5.74, 6) is 0.0490. The van der Waals surface area contributed by atoms with Crippen LogP contribution >= 0.6 is 0 Å². The number of carbonyl (C=O) groups excluding carboxylic acids is 2. The van der Waals surface area contributed by atoms with Crippen LogP contribution in [0.15, 0.2) is 77.0 Å². The fourth-order valence-electron chi connectivity index (χ4n) is 7.59. The number of carbonyl (C=O) groups is 2. The van der Waals surface area contributed by atoms with E-state index in [9.17, 15) is 9.59 Å². The Labute approximate surface area is 337 Å². The molecule has 2 aliphatic rings. The fourth-order valence-corrected chi connectivity index (χ4v) is 7.59. The Hall–Kier alpha value is -3.31. The van der Waals surface area contributed by atoms with Crippen molar-refractivity contribution >= 4 is 35.0 Å². The molecule has 2 amide bonds. The average molecular weight is 753 g/mol. The molecule has 1 heterocycles. The largest absolute Gasteiger partial charge is 0.326 e. The number of amides is 2. The van der Waals surface area contributed by atoms with Crippen LogP contribution in [0.5, 0.6) is 0 Å². The lowest BCUT2D eigenvalue weighted by Gasteiger charge is -2.26. The van der Waals surface area contributed by atoms with Gasteiger partial charge in [0.1, 0.15) is 11.4 Å². The van der Waals surface area contributed by atoms with Gasteiger partial charge in [-0.25, -0.2) is 4.99 Å². The number of allylic oxidation sites excluding steroid dienone is 7. The van der Waals surface area contributed by atoms with E-state index in [-0.39, 0.29) is 11.8 Å². The van der Waals surface area contributed by atoms with Gasteiger partial charge in [-0.1, -0.05) is 141 Å². The van der Waals surface area contributed by atoms with Crippen LogP contribution in [0.3, 0.4) is 0 Å². The molecule has 0 saturated carbocycles. The van der Waals surface area contributed by atoms with Crippen molar-refractivity contribution in [1.82, 2.24) is 0 Å².